The molecular weight excluding hydrogens is 179 g/mol. The van der Waals surface area contributed by atoms with Crippen LogP contribution < -0.4 is 51.4 Å². The van der Waals surface area contributed by atoms with Gasteiger partial charge in [-0.3, -0.25) is 0 Å². The van der Waals surface area contributed by atoms with Gasteiger partial charge in [-0.25, -0.2) is 0 Å². The molecule has 0 aliphatic heterocycles. The summed E-state index contributed by atoms with van der Waals surface area (Å²) in [5.74, 6) is -0.190. The Hall–Kier alpha value is 1.49. The van der Waals surface area contributed by atoms with E-state index in [1.807, 2.05) is 6.92 Å². The van der Waals surface area contributed by atoms with Crippen molar-refractivity contribution in [1.29, 1.82) is 0 Å². The summed E-state index contributed by atoms with van der Waals surface area (Å²) in [6, 6.07) is 0. The van der Waals surface area contributed by atoms with Crippen molar-refractivity contribution in [3.8, 4) is 0 Å². The van der Waals surface area contributed by atoms with Crippen LogP contribution >= 0.6 is 0 Å². The van der Waals surface area contributed by atoms with Gasteiger partial charge in [-0.1, -0.05) is 38.9 Å². The van der Waals surface area contributed by atoms with Crippen LogP contribution in [-0.4, -0.2) is 6.98 Å². The van der Waals surface area contributed by atoms with Crippen LogP contribution in [0.25, 0.3) is 0 Å². The van der Waals surface area contributed by atoms with E-state index in [-0.39, 0.29) is 57.3 Å². The van der Waals surface area contributed by atoms with Crippen molar-refractivity contribution in [3.63, 3.8) is 0 Å². The Morgan fingerprint density at radius 1 is 1.27 bits per heavy atom. The molecule has 0 heterocycles. The summed E-state index contributed by atoms with van der Waals surface area (Å²) in [5.41, 5.74) is 0. The van der Waals surface area contributed by atoms with Gasteiger partial charge in [-0.2, -0.15) is 0 Å². The van der Waals surface area contributed by atoms with Gasteiger partial charge < -0.3 is 12.9 Å². The second-order valence-electron chi connectivity index (χ2n) is 2.84. The van der Waals surface area contributed by atoms with Crippen LogP contribution in [0.3, 0.4) is 0 Å². The Morgan fingerprint density at radius 3 is 2.00 bits per heavy atom. The minimum Gasteiger partial charge on any atom is -0.449 e. The van der Waals surface area contributed by atoms with Crippen molar-refractivity contribution in [3.05, 3.63) is 0 Å². The van der Waals surface area contributed by atoms with Crippen LogP contribution in [-0.2, 0) is 0 Å². The zero-order valence-electron chi connectivity index (χ0n) is 7.41. The number of rotatable bonds is 4. The molecule has 0 aliphatic carbocycles. The minimum atomic E-state index is -4.55. The third-order valence-electron chi connectivity index (χ3n) is 1.45. The number of halogens is 3. The van der Waals surface area contributed by atoms with E-state index in [0.29, 0.717) is 6.42 Å². The molecule has 5 heteroatoms. The molecule has 0 radical (unpaired) electrons. The Balaban J connectivity index is 0. The first-order valence-corrected chi connectivity index (χ1v) is 3.66. The Labute approximate surface area is 109 Å². The van der Waals surface area contributed by atoms with Crippen molar-refractivity contribution < 1.29 is 64.3 Å². The smallest absolute Gasteiger partial charge is 0.449 e. The van der Waals surface area contributed by atoms with Gasteiger partial charge in [0.1, 0.15) is 0 Å². The van der Waals surface area contributed by atoms with E-state index in [0.717, 1.165) is 6.42 Å². The maximum Gasteiger partial charge on any atom is 1.00 e. The molecule has 0 spiro atoms. The molecule has 0 nitrogen and oxygen atoms in total. The average molecular weight is 192 g/mol. The second-order valence-corrected chi connectivity index (χ2v) is 2.84. The fourth-order valence-corrected chi connectivity index (χ4v) is 1.07. The van der Waals surface area contributed by atoms with Crippen molar-refractivity contribution in [2.24, 2.45) is 5.92 Å². The van der Waals surface area contributed by atoms with Crippen molar-refractivity contribution >= 4 is 6.98 Å². The molecule has 0 bridgehead atoms. The zero-order valence-corrected chi connectivity index (χ0v) is 10.5. The van der Waals surface area contributed by atoms with Crippen LogP contribution in [0.15, 0.2) is 0 Å². The maximum atomic E-state index is 11.7. The molecule has 1 unspecified atom stereocenters. The molecule has 0 aromatic rings. The average Bonchev–Trinajstić information content (AvgIpc) is 1.59. The van der Waals surface area contributed by atoms with E-state index < -0.39 is 13.3 Å². The molecule has 1 atom stereocenters. The molecular formula is C6H13BF3K. The van der Waals surface area contributed by atoms with Gasteiger partial charge in [0.2, 0.25) is 0 Å². The van der Waals surface area contributed by atoms with E-state index in [4.69, 9.17) is 0 Å². The van der Waals surface area contributed by atoms with Crippen molar-refractivity contribution in [2.45, 2.75) is 33.0 Å². The monoisotopic (exact) mass is 192 g/mol. The molecule has 0 N–H and O–H groups in total. The maximum absolute atomic E-state index is 11.7. The summed E-state index contributed by atoms with van der Waals surface area (Å²) in [4.78, 5) is 0. The minimum absolute atomic E-state index is 0. The first-order valence-electron chi connectivity index (χ1n) is 3.66. The SMILES string of the molecule is CCCC(C)C[B-](F)(F)F.[K+]. The van der Waals surface area contributed by atoms with E-state index >= 15 is 0 Å². The third kappa shape index (κ3) is 11.5. The molecule has 0 amide bonds. The molecule has 0 rings (SSSR count). The van der Waals surface area contributed by atoms with Crippen LogP contribution in [0.5, 0.6) is 0 Å². The second kappa shape index (κ2) is 6.95. The number of hydrogen-bond acceptors (Lipinski definition) is 0. The van der Waals surface area contributed by atoms with Gasteiger partial charge in [0.15, 0.2) is 0 Å². The fourth-order valence-electron chi connectivity index (χ4n) is 1.07. The zero-order chi connectivity index (χ0) is 8.20. The van der Waals surface area contributed by atoms with E-state index in [9.17, 15) is 12.9 Å². The molecule has 0 saturated carbocycles. The van der Waals surface area contributed by atoms with Gasteiger partial charge in [0.05, 0.1) is 0 Å². The molecule has 0 aromatic heterocycles. The van der Waals surface area contributed by atoms with Gasteiger partial charge >= 0.3 is 58.4 Å². The first kappa shape index (κ1) is 15.0. The summed E-state index contributed by atoms with van der Waals surface area (Å²) < 4.78 is 35.1. The van der Waals surface area contributed by atoms with Crippen molar-refractivity contribution in [1.82, 2.24) is 0 Å². The third-order valence-corrected chi connectivity index (χ3v) is 1.45. The van der Waals surface area contributed by atoms with Crippen molar-refractivity contribution in [2.75, 3.05) is 0 Å². The summed E-state index contributed by atoms with van der Waals surface area (Å²) in [5, 5.41) is 0. The normalized spacial score (nSPS) is 13.9. The number of hydrogen-bond donors (Lipinski definition) is 0. The van der Waals surface area contributed by atoms with Gasteiger partial charge in [-0.15, -0.1) is 0 Å². The largest absolute Gasteiger partial charge is 1.00 e. The fraction of sp³-hybridized carbons (Fsp3) is 1.00. The molecule has 0 aromatic carbocycles. The summed E-state index contributed by atoms with van der Waals surface area (Å²) >= 11 is 0. The van der Waals surface area contributed by atoms with E-state index in [1.165, 1.54) is 0 Å². The molecule has 62 valence electrons. The van der Waals surface area contributed by atoms with Crippen LogP contribution in [0.1, 0.15) is 26.7 Å². The Kier molecular flexibility index (Phi) is 9.47. The van der Waals surface area contributed by atoms with Crippen LogP contribution in [0.2, 0.25) is 6.32 Å². The molecule has 11 heavy (non-hydrogen) atoms. The molecule has 0 fully saturated rings. The Morgan fingerprint density at radius 2 is 1.73 bits per heavy atom. The van der Waals surface area contributed by atoms with Gasteiger partial charge in [0.25, 0.3) is 0 Å². The van der Waals surface area contributed by atoms with Crippen LogP contribution in [0.4, 0.5) is 12.9 Å². The van der Waals surface area contributed by atoms with Crippen LogP contribution in [0, 0.1) is 5.92 Å². The standard InChI is InChI=1S/C6H13BF3.K/c1-3-4-6(2)5-7(8,9)10;/h6H,3-5H2,1-2H3;/q-1;+1. The summed E-state index contributed by atoms with van der Waals surface area (Å²) in [7, 11) is 0. The van der Waals surface area contributed by atoms with Gasteiger partial charge in [-0.05, 0) is 0 Å². The first-order chi connectivity index (χ1) is 4.45. The van der Waals surface area contributed by atoms with E-state index in [2.05, 4.69) is 0 Å². The summed E-state index contributed by atoms with van der Waals surface area (Å²) in [6.07, 6.45) is 0.947. The molecule has 0 aliphatic rings. The summed E-state index contributed by atoms with van der Waals surface area (Å²) in [6.45, 7) is -0.999. The predicted octanol–water partition coefficient (Wildman–Crippen LogP) is 0.274. The molecule has 0 saturated heterocycles. The van der Waals surface area contributed by atoms with E-state index in [1.54, 1.807) is 6.92 Å². The van der Waals surface area contributed by atoms with Gasteiger partial charge in [0, 0.05) is 0 Å². The predicted molar refractivity (Wildman–Crippen MR) is 38.0 cm³/mol. The Bertz CT molecular complexity index is 94.3. The topological polar surface area (TPSA) is 0 Å². The quantitative estimate of drug-likeness (QED) is 0.561.